The average Bonchev–Trinajstić information content (AvgIpc) is 3.06. The van der Waals surface area contributed by atoms with Crippen LogP contribution in [0, 0.1) is 0 Å². The maximum atomic E-state index is 4.43. The lowest BCUT2D eigenvalue weighted by molar-refractivity contribution is 0.970. The van der Waals surface area contributed by atoms with Gasteiger partial charge in [0.05, 0.1) is 6.33 Å². The highest BCUT2D eigenvalue weighted by molar-refractivity contribution is 8.01. The molecule has 0 bridgehead atoms. The van der Waals surface area contributed by atoms with Crippen molar-refractivity contribution in [3.05, 3.63) is 12.2 Å². The van der Waals surface area contributed by atoms with E-state index in [0.29, 0.717) is 11.6 Å². The zero-order valence-corrected chi connectivity index (χ0v) is 12.0. The normalized spacial score (nSPS) is 11.1. The monoisotopic (exact) mass is 293 g/mol. The quantitative estimate of drug-likeness (QED) is 0.710. The zero-order valence-electron chi connectivity index (χ0n) is 10.3. The molecule has 3 heterocycles. The zero-order chi connectivity index (χ0) is 13.2. The second-order valence-electron chi connectivity index (χ2n) is 3.64. The molecule has 3 rings (SSSR count). The largest absolute Gasteiger partial charge is 0.357 e. The van der Waals surface area contributed by atoms with Gasteiger partial charge in [-0.2, -0.15) is 9.36 Å². The molecule has 98 valence electrons. The van der Waals surface area contributed by atoms with E-state index >= 15 is 0 Å². The van der Waals surface area contributed by atoms with E-state index in [4.69, 9.17) is 0 Å². The summed E-state index contributed by atoms with van der Waals surface area (Å²) in [5.41, 5.74) is 1.46. The van der Waals surface area contributed by atoms with Crippen molar-refractivity contribution >= 4 is 40.4 Å². The lowest BCUT2D eigenvalue weighted by atomic mass is 10.5. The molecule has 0 amide bonds. The molecule has 2 N–H and O–H groups in total. The molecule has 0 spiro atoms. The van der Waals surface area contributed by atoms with Crippen LogP contribution in [-0.2, 0) is 6.42 Å². The number of anilines is 1. The second-order valence-corrected chi connectivity index (χ2v) is 5.62. The summed E-state index contributed by atoms with van der Waals surface area (Å²) in [5.74, 6) is 1.40. The highest BCUT2D eigenvalue weighted by atomic mass is 32.2. The molecular formula is C10H11N7S2. The third-order valence-corrected chi connectivity index (χ3v) is 4.20. The van der Waals surface area contributed by atoms with Crippen LogP contribution in [0.25, 0.3) is 11.2 Å². The first-order valence-electron chi connectivity index (χ1n) is 5.69. The number of hydrogen-bond acceptors (Lipinski definition) is 8. The minimum atomic E-state index is 0.544. The Hall–Kier alpha value is -1.74. The minimum Gasteiger partial charge on any atom is -0.357 e. The predicted molar refractivity (Wildman–Crippen MR) is 74.6 cm³/mol. The van der Waals surface area contributed by atoms with Gasteiger partial charge in [-0.15, -0.1) is 0 Å². The van der Waals surface area contributed by atoms with Gasteiger partial charge in [0.25, 0.3) is 0 Å². The van der Waals surface area contributed by atoms with Crippen LogP contribution < -0.4 is 5.32 Å². The molecule has 0 aliphatic heterocycles. The standard InChI is InChI=1S/C10H11N7S2/c1-3-5-14-10(19-17-5)18-8-6-7(13-4-12-6)15-9(11-2)16-8/h4H,3H2,1-2H3,(H2,11,12,13,15,16). The Balaban J connectivity index is 2.01. The number of H-pyrrole nitrogens is 1. The van der Waals surface area contributed by atoms with Crippen LogP contribution in [0.4, 0.5) is 5.95 Å². The summed E-state index contributed by atoms with van der Waals surface area (Å²) in [6.45, 7) is 2.04. The van der Waals surface area contributed by atoms with E-state index in [2.05, 4.69) is 34.6 Å². The van der Waals surface area contributed by atoms with Crippen LogP contribution in [0.1, 0.15) is 12.7 Å². The maximum absolute atomic E-state index is 4.43. The Kier molecular flexibility index (Phi) is 3.30. The number of nitrogens with one attached hydrogen (secondary N) is 2. The van der Waals surface area contributed by atoms with Crippen molar-refractivity contribution in [2.75, 3.05) is 12.4 Å². The van der Waals surface area contributed by atoms with Crippen LogP contribution in [0.15, 0.2) is 15.7 Å². The molecule has 7 nitrogen and oxygen atoms in total. The molecular weight excluding hydrogens is 282 g/mol. The van der Waals surface area contributed by atoms with Crippen LogP contribution in [0.3, 0.4) is 0 Å². The number of imidazole rings is 1. The van der Waals surface area contributed by atoms with Crippen molar-refractivity contribution in [2.45, 2.75) is 22.7 Å². The van der Waals surface area contributed by atoms with Gasteiger partial charge >= 0.3 is 0 Å². The Bertz CT molecular complexity index is 705. The van der Waals surface area contributed by atoms with E-state index in [0.717, 1.165) is 27.1 Å². The summed E-state index contributed by atoms with van der Waals surface area (Å²) < 4.78 is 5.13. The summed E-state index contributed by atoms with van der Waals surface area (Å²) >= 11 is 2.85. The number of fused-ring (bicyclic) bond motifs is 1. The van der Waals surface area contributed by atoms with Crippen LogP contribution >= 0.6 is 23.3 Å². The Morgan fingerprint density at radius 2 is 2.26 bits per heavy atom. The fraction of sp³-hybridized carbons (Fsp3) is 0.300. The fourth-order valence-electron chi connectivity index (χ4n) is 1.50. The van der Waals surface area contributed by atoms with Crippen molar-refractivity contribution in [3.63, 3.8) is 0 Å². The molecule has 0 aliphatic carbocycles. The lowest BCUT2D eigenvalue weighted by Crippen LogP contribution is -1.98. The number of aromatic nitrogens is 6. The minimum absolute atomic E-state index is 0.544. The second kappa shape index (κ2) is 5.10. The van der Waals surface area contributed by atoms with Gasteiger partial charge in [0.15, 0.2) is 9.99 Å². The smallest absolute Gasteiger partial charge is 0.225 e. The molecule has 0 radical (unpaired) electrons. The van der Waals surface area contributed by atoms with Gasteiger partial charge in [0.2, 0.25) is 5.95 Å². The van der Waals surface area contributed by atoms with Gasteiger partial charge in [-0.3, -0.25) is 0 Å². The molecule has 19 heavy (non-hydrogen) atoms. The van der Waals surface area contributed by atoms with Gasteiger partial charge in [-0.25, -0.2) is 15.0 Å². The highest BCUT2D eigenvalue weighted by Crippen LogP contribution is 2.31. The molecule has 0 saturated carbocycles. The van der Waals surface area contributed by atoms with Crippen LogP contribution in [-0.4, -0.2) is 36.3 Å². The van der Waals surface area contributed by atoms with E-state index in [1.54, 1.807) is 13.4 Å². The van der Waals surface area contributed by atoms with Crippen molar-refractivity contribution in [2.24, 2.45) is 0 Å². The fourth-order valence-corrected chi connectivity index (χ4v) is 3.20. The van der Waals surface area contributed by atoms with Gasteiger partial charge in [0.1, 0.15) is 16.4 Å². The molecule has 0 unspecified atom stereocenters. The molecule has 9 heteroatoms. The Morgan fingerprint density at radius 1 is 1.37 bits per heavy atom. The summed E-state index contributed by atoms with van der Waals surface area (Å²) in [7, 11) is 1.78. The summed E-state index contributed by atoms with van der Waals surface area (Å²) in [4.78, 5) is 20.3. The van der Waals surface area contributed by atoms with Gasteiger partial charge < -0.3 is 10.3 Å². The summed E-state index contributed by atoms with van der Waals surface area (Å²) in [6, 6.07) is 0. The van der Waals surface area contributed by atoms with E-state index in [1.165, 1.54) is 23.3 Å². The summed E-state index contributed by atoms with van der Waals surface area (Å²) in [6.07, 6.45) is 2.45. The topological polar surface area (TPSA) is 92.3 Å². The number of aryl methyl sites for hydroxylation is 1. The van der Waals surface area contributed by atoms with Crippen molar-refractivity contribution < 1.29 is 0 Å². The molecule has 0 aromatic carbocycles. The molecule has 0 aliphatic rings. The molecule has 3 aromatic rings. The van der Waals surface area contributed by atoms with Crippen molar-refractivity contribution in [1.82, 2.24) is 29.3 Å². The first-order valence-corrected chi connectivity index (χ1v) is 7.28. The Morgan fingerprint density at radius 3 is 3.00 bits per heavy atom. The number of hydrogen-bond donors (Lipinski definition) is 2. The summed E-state index contributed by atoms with van der Waals surface area (Å²) in [5, 5.41) is 3.73. The van der Waals surface area contributed by atoms with Crippen molar-refractivity contribution in [1.29, 1.82) is 0 Å². The van der Waals surface area contributed by atoms with Crippen molar-refractivity contribution in [3.8, 4) is 0 Å². The molecule has 0 saturated heterocycles. The lowest BCUT2D eigenvalue weighted by Gasteiger charge is -2.02. The van der Waals surface area contributed by atoms with Crippen LogP contribution in [0.2, 0.25) is 0 Å². The van der Waals surface area contributed by atoms with E-state index < -0.39 is 0 Å². The van der Waals surface area contributed by atoms with Gasteiger partial charge in [0, 0.05) is 13.5 Å². The number of aromatic amines is 1. The number of nitrogens with zero attached hydrogens (tertiary/aromatic N) is 5. The first kappa shape index (κ1) is 12.3. The van der Waals surface area contributed by atoms with Gasteiger partial charge in [-0.1, -0.05) is 6.92 Å². The third kappa shape index (κ3) is 2.38. The molecule has 3 aromatic heterocycles. The Labute approximate surface area is 117 Å². The van der Waals surface area contributed by atoms with E-state index in [1.807, 2.05) is 6.92 Å². The van der Waals surface area contributed by atoms with E-state index in [-0.39, 0.29) is 0 Å². The van der Waals surface area contributed by atoms with Gasteiger partial charge in [-0.05, 0) is 23.3 Å². The number of rotatable bonds is 4. The molecule has 0 atom stereocenters. The predicted octanol–water partition coefficient (Wildman–Crippen LogP) is 1.96. The molecule has 0 fully saturated rings. The highest BCUT2D eigenvalue weighted by Gasteiger charge is 2.13. The maximum Gasteiger partial charge on any atom is 0.225 e. The van der Waals surface area contributed by atoms with Crippen LogP contribution in [0.5, 0.6) is 0 Å². The SMILES string of the molecule is CCc1nsc(Sc2nc(NC)nc3nc[nH]c23)n1. The first-order chi connectivity index (χ1) is 9.30. The van der Waals surface area contributed by atoms with E-state index in [9.17, 15) is 0 Å². The third-order valence-electron chi connectivity index (χ3n) is 2.43. The average molecular weight is 293 g/mol.